The monoisotopic (exact) mass is 387 g/mol. The number of rotatable bonds is 5. The summed E-state index contributed by atoms with van der Waals surface area (Å²) in [6.07, 6.45) is 6.16. The van der Waals surface area contributed by atoms with E-state index in [2.05, 4.69) is 32.1 Å². The Balaban J connectivity index is 1.77. The molecular formula is C22H21N5O2. The number of aryl methyl sites for hydroxylation is 2. The van der Waals surface area contributed by atoms with Crippen molar-refractivity contribution in [1.29, 1.82) is 0 Å². The molecule has 7 nitrogen and oxygen atoms in total. The van der Waals surface area contributed by atoms with Crippen LogP contribution >= 0.6 is 0 Å². The maximum atomic E-state index is 8.73. The molecule has 0 bridgehead atoms. The number of nitrogens with two attached hydrogens (primary N) is 1. The Morgan fingerprint density at radius 3 is 2.76 bits per heavy atom. The van der Waals surface area contributed by atoms with Crippen molar-refractivity contribution in [2.45, 2.75) is 13.8 Å². The van der Waals surface area contributed by atoms with E-state index in [0.29, 0.717) is 22.9 Å². The number of aliphatic hydroxyl groups is 1. The number of pyridine rings is 1. The van der Waals surface area contributed by atoms with Gasteiger partial charge in [-0.1, -0.05) is 12.0 Å². The molecule has 0 spiro atoms. The molecule has 0 amide bonds. The van der Waals surface area contributed by atoms with Gasteiger partial charge in [-0.25, -0.2) is 9.97 Å². The lowest BCUT2D eigenvalue weighted by Crippen LogP contribution is -2.03. The Kier molecular flexibility index (Phi) is 6.40. The average Bonchev–Trinajstić information content (AvgIpc) is 2.71. The van der Waals surface area contributed by atoms with Crippen LogP contribution in [-0.2, 0) is 0 Å². The molecule has 2 aromatic heterocycles. The normalized spacial score (nSPS) is 10.4. The fraction of sp³-hybridized carbons (Fsp3) is 0.136. The summed E-state index contributed by atoms with van der Waals surface area (Å²) < 4.78 is 5.89. The third-order valence-corrected chi connectivity index (χ3v) is 3.93. The molecule has 0 aliphatic carbocycles. The predicted molar refractivity (Wildman–Crippen MR) is 113 cm³/mol. The van der Waals surface area contributed by atoms with Gasteiger partial charge in [-0.3, -0.25) is 4.98 Å². The number of aromatic nitrogens is 3. The van der Waals surface area contributed by atoms with E-state index in [1.165, 1.54) is 12.4 Å². The van der Waals surface area contributed by atoms with Gasteiger partial charge < -0.3 is 20.9 Å². The molecular weight excluding hydrogens is 366 g/mol. The molecule has 0 unspecified atom stereocenters. The molecule has 0 saturated heterocycles. The Hall–Kier alpha value is -3.89. The van der Waals surface area contributed by atoms with Gasteiger partial charge in [-0.05, 0) is 61.7 Å². The number of ether oxygens (including phenoxy) is 1. The molecule has 0 fully saturated rings. The van der Waals surface area contributed by atoms with Crippen molar-refractivity contribution >= 4 is 17.2 Å². The molecule has 3 aromatic rings. The van der Waals surface area contributed by atoms with E-state index in [0.717, 1.165) is 22.7 Å². The summed E-state index contributed by atoms with van der Waals surface area (Å²) in [6, 6.07) is 9.47. The van der Waals surface area contributed by atoms with Crippen molar-refractivity contribution < 1.29 is 9.84 Å². The van der Waals surface area contributed by atoms with E-state index >= 15 is 0 Å². The van der Waals surface area contributed by atoms with Gasteiger partial charge in [0.25, 0.3) is 0 Å². The molecule has 7 heteroatoms. The molecule has 0 radical (unpaired) electrons. The van der Waals surface area contributed by atoms with Crippen molar-refractivity contribution in [2.24, 2.45) is 0 Å². The second kappa shape index (κ2) is 9.35. The fourth-order valence-corrected chi connectivity index (χ4v) is 2.44. The van der Waals surface area contributed by atoms with Crippen LogP contribution in [-0.4, -0.2) is 26.7 Å². The third kappa shape index (κ3) is 5.31. The molecule has 1 aromatic carbocycles. The zero-order valence-corrected chi connectivity index (χ0v) is 16.2. The molecule has 0 saturated carbocycles. The minimum atomic E-state index is -0.0692. The number of nitrogens with zero attached hydrogens (tertiary/aromatic N) is 3. The first kappa shape index (κ1) is 19.9. The summed E-state index contributed by atoms with van der Waals surface area (Å²) in [5.41, 5.74) is 9.58. The zero-order valence-electron chi connectivity index (χ0n) is 16.2. The van der Waals surface area contributed by atoms with Crippen LogP contribution in [0.5, 0.6) is 11.5 Å². The van der Waals surface area contributed by atoms with Crippen LogP contribution in [0.2, 0.25) is 0 Å². The van der Waals surface area contributed by atoms with Crippen LogP contribution in [0.1, 0.15) is 17.0 Å². The number of nitrogen functional groups attached to an aromatic ring is 1. The van der Waals surface area contributed by atoms with Gasteiger partial charge in [0.1, 0.15) is 29.2 Å². The fourth-order valence-electron chi connectivity index (χ4n) is 2.44. The lowest BCUT2D eigenvalue weighted by Gasteiger charge is -2.12. The van der Waals surface area contributed by atoms with Gasteiger partial charge >= 0.3 is 0 Å². The predicted octanol–water partition coefficient (Wildman–Crippen LogP) is 3.51. The van der Waals surface area contributed by atoms with Gasteiger partial charge in [0, 0.05) is 11.4 Å². The first-order valence-electron chi connectivity index (χ1n) is 8.93. The molecule has 0 atom stereocenters. The highest BCUT2D eigenvalue weighted by Gasteiger charge is 2.08. The van der Waals surface area contributed by atoms with Crippen LogP contribution in [0.3, 0.4) is 0 Å². The first-order valence-corrected chi connectivity index (χ1v) is 8.93. The number of nitrogens with one attached hydrogen (secondary N) is 1. The third-order valence-electron chi connectivity index (χ3n) is 3.93. The second-order valence-electron chi connectivity index (χ2n) is 6.18. The summed E-state index contributed by atoms with van der Waals surface area (Å²) in [6.45, 7) is 3.81. The molecule has 0 aliphatic heterocycles. The van der Waals surface area contributed by atoms with Gasteiger partial charge in [-0.15, -0.1) is 0 Å². The topological polar surface area (TPSA) is 106 Å². The highest BCUT2D eigenvalue weighted by atomic mass is 16.5. The van der Waals surface area contributed by atoms with Crippen LogP contribution in [0.25, 0.3) is 0 Å². The summed E-state index contributed by atoms with van der Waals surface area (Å²) >= 11 is 0. The van der Waals surface area contributed by atoms with Crippen LogP contribution in [0, 0.1) is 25.7 Å². The number of aliphatic hydroxyl groups excluding tert-OH is 1. The number of anilines is 3. The zero-order chi connectivity index (χ0) is 20.6. The molecule has 2 heterocycles. The number of hydrogen-bond acceptors (Lipinski definition) is 7. The largest absolute Gasteiger partial charge is 0.455 e. The van der Waals surface area contributed by atoms with Gasteiger partial charge in [-0.2, -0.15) is 0 Å². The molecule has 0 aliphatic rings. The smallest absolute Gasteiger partial charge is 0.158 e. The van der Waals surface area contributed by atoms with E-state index in [4.69, 9.17) is 15.6 Å². The maximum Gasteiger partial charge on any atom is 0.158 e. The summed E-state index contributed by atoms with van der Waals surface area (Å²) in [7, 11) is 0. The minimum Gasteiger partial charge on any atom is -0.455 e. The Labute approximate surface area is 169 Å². The summed E-state index contributed by atoms with van der Waals surface area (Å²) in [5, 5.41) is 11.9. The van der Waals surface area contributed by atoms with Crippen LogP contribution in [0.4, 0.5) is 17.2 Å². The molecule has 3 rings (SSSR count). The Morgan fingerprint density at radius 2 is 2.03 bits per heavy atom. The highest BCUT2D eigenvalue weighted by molar-refractivity contribution is 5.73. The molecule has 146 valence electrons. The summed E-state index contributed by atoms with van der Waals surface area (Å²) in [5.74, 6) is 7.48. The average molecular weight is 387 g/mol. The van der Waals surface area contributed by atoms with Gasteiger partial charge in [0.05, 0.1) is 12.8 Å². The quantitative estimate of drug-likeness (QED) is 0.575. The second-order valence-corrected chi connectivity index (χ2v) is 6.18. The maximum absolute atomic E-state index is 8.73. The van der Waals surface area contributed by atoms with E-state index in [9.17, 15) is 0 Å². The van der Waals surface area contributed by atoms with Crippen LogP contribution in [0.15, 0.2) is 55.0 Å². The van der Waals surface area contributed by atoms with E-state index in [1.54, 1.807) is 12.3 Å². The SMILES string of the molecule is Cc1ccc(Oc2ccc(Nc3ncnc(C#C/C=C/CO)c3N)cc2C)cn1. The van der Waals surface area contributed by atoms with Crippen molar-refractivity contribution in [1.82, 2.24) is 15.0 Å². The Morgan fingerprint density at radius 1 is 1.17 bits per heavy atom. The molecule has 29 heavy (non-hydrogen) atoms. The standard InChI is InChI=1S/C22H21N5O2/c1-15-12-17(8-10-20(15)29-18-9-7-16(2)24-13-18)27-22-21(23)19(25-14-26-22)6-4-3-5-11-28/h3,5,7-10,12-14,28H,11,23H2,1-2H3,(H,25,26,27)/b5-3+. The summed E-state index contributed by atoms with van der Waals surface area (Å²) in [4.78, 5) is 12.5. The number of benzene rings is 1. The molecule has 4 N–H and O–H groups in total. The Bertz CT molecular complexity index is 1080. The minimum absolute atomic E-state index is 0.0692. The van der Waals surface area contributed by atoms with Crippen molar-refractivity contribution in [2.75, 3.05) is 17.7 Å². The van der Waals surface area contributed by atoms with E-state index < -0.39 is 0 Å². The van der Waals surface area contributed by atoms with Crippen molar-refractivity contribution in [3.8, 4) is 23.3 Å². The van der Waals surface area contributed by atoms with Gasteiger partial charge in [0.15, 0.2) is 5.82 Å². The number of hydrogen-bond donors (Lipinski definition) is 3. The first-order chi connectivity index (χ1) is 14.1. The van der Waals surface area contributed by atoms with E-state index in [1.807, 2.05) is 44.2 Å². The van der Waals surface area contributed by atoms with Gasteiger partial charge in [0.2, 0.25) is 0 Å². The number of allylic oxidation sites excluding steroid dienone is 1. The van der Waals surface area contributed by atoms with Crippen LogP contribution < -0.4 is 15.8 Å². The van der Waals surface area contributed by atoms with E-state index in [-0.39, 0.29) is 6.61 Å². The lowest BCUT2D eigenvalue weighted by molar-refractivity contribution is 0.343. The van der Waals surface area contributed by atoms with Crippen molar-refractivity contribution in [3.05, 3.63) is 72.0 Å². The highest BCUT2D eigenvalue weighted by Crippen LogP contribution is 2.29. The lowest BCUT2D eigenvalue weighted by atomic mass is 10.2. The van der Waals surface area contributed by atoms with Crippen molar-refractivity contribution in [3.63, 3.8) is 0 Å².